The van der Waals surface area contributed by atoms with Crippen LogP contribution in [-0.2, 0) is 0 Å². The van der Waals surface area contributed by atoms with Gasteiger partial charge < -0.3 is 20.5 Å². The number of nitrogens with one attached hydrogen (secondary N) is 1. The lowest BCUT2D eigenvalue weighted by Gasteiger charge is -2.26. The third kappa shape index (κ3) is 5.36. The summed E-state index contributed by atoms with van der Waals surface area (Å²) < 4.78 is 12.1. The van der Waals surface area contributed by atoms with Crippen LogP contribution in [0.5, 0.6) is 11.5 Å². The zero-order valence-electron chi connectivity index (χ0n) is 18.2. The summed E-state index contributed by atoms with van der Waals surface area (Å²) in [5.41, 5.74) is 7.08. The highest BCUT2D eigenvalue weighted by molar-refractivity contribution is 5.97. The van der Waals surface area contributed by atoms with Gasteiger partial charge in [0.2, 0.25) is 11.9 Å². The molecule has 1 aliphatic rings. The van der Waals surface area contributed by atoms with E-state index in [0.29, 0.717) is 17.9 Å². The molecule has 3 N–H and O–H groups in total. The second kappa shape index (κ2) is 10.1. The molecule has 2 aromatic carbocycles. The molecule has 2 heterocycles. The number of hydrogen-bond donors (Lipinski definition) is 2. The van der Waals surface area contributed by atoms with Gasteiger partial charge in [-0.05, 0) is 68.4 Å². The van der Waals surface area contributed by atoms with Gasteiger partial charge in [-0.3, -0.25) is 9.69 Å². The van der Waals surface area contributed by atoms with Crippen molar-refractivity contribution in [2.45, 2.75) is 19.3 Å². The zero-order chi connectivity index (χ0) is 22.3. The topological polar surface area (TPSA) is 108 Å². The number of aromatic nitrogens is 3. The Morgan fingerprint density at radius 2 is 1.88 bits per heavy atom. The number of piperidine rings is 1. The average molecular weight is 437 g/mol. The third-order valence-corrected chi connectivity index (χ3v) is 5.38. The molecule has 0 amide bonds. The number of likely N-dealkylation sites (tertiary alicyclic amines) is 1. The van der Waals surface area contributed by atoms with Crippen LogP contribution in [0, 0.1) is 0 Å². The van der Waals surface area contributed by atoms with Crippen molar-refractivity contribution in [3.63, 3.8) is 0 Å². The molecule has 0 radical (unpaired) electrons. The maximum Gasteiger partial charge on any atom is 0.281 e. The van der Waals surface area contributed by atoms with Gasteiger partial charge in [0.25, 0.3) is 5.91 Å². The van der Waals surface area contributed by atoms with Crippen molar-refractivity contribution in [1.82, 2.24) is 19.7 Å². The number of nitrogens with zero attached hydrogens (tertiary/aromatic N) is 4. The van der Waals surface area contributed by atoms with Crippen LogP contribution < -0.4 is 20.5 Å². The van der Waals surface area contributed by atoms with Crippen LogP contribution >= 0.6 is 0 Å². The maximum atomic E-state index is 12.7. The number of anilines is 3. The Kier molecular flexibility index (Phi) is 6.86. The Morgan fingerprint density at radius 3 is 2.62 bits per heavy atom. The van der Waals surface area contributed by atoms with E-state index in [2.05, 4.69) is 20.3 Å². The van der Waals surface area contributed by atoms with Crippen molar-refractivity contribution in [3.05, 3.63) is 54.1 Å². The van der Waals surface area contributed by atoms with Gasteiger partial charge in [0.05, 0.1) is 7.11 Å². The molecule has 0 bridgehead atoms. The number of benzene rings is 2. The molecule has 0 atom stereocenters. The zero-order valence-corrected chi connectivity index (χ0v) is 18.2. The van der Waals surface area contributed by atoms with Crippen molar-refractivity contribution in [2.75, 3.05) is 44.4 Å². The number of ether oxygens (including phenoxy) is 2. The summed E-state index contributed by atoms with van der Waals surface area (Å²) in [6.07, 6.45) is 3.89. The number of nitrogens with two attached hydrogens (primary N) is 1. The number of methoxy groups -OCH3 is 1. The summed E-state index contributed by atoms with van der Waals surface area (Å²) in [5.74, 6) is 1.22. The first kappa shape index (κ1) is 21.6. The van der Waals surface area contributed by atoms with E-state index in [1.54, 1.807) is 31.4 Å². The summed E-state index contributed by atoms with van der Waals surface area (Å²) in [6, 6.07) is 14.3. The van der Waals surface area contributed by atoms with Crippen LogP contribution in [0.15, 0.2) is 48.5 Å². The molecule has 1 aromatic heterocycles. The van der Waals surface area contributed by atoms with Crippen LogP contribution in [0.25, 0.3) is 0 Å². The largest absolute Gasteiger partial charge is 0.497 e. The Hall–Kier alpha value is -3.59. The smallest absolute Gasteiger partial charge is 0.281 e. The van der Waals surface area contributed by atoms with E-state index in [1.807, 2.05) is 24.3 Å². The summed E-state index contributed by atoms with van der Waals surface area (Å²) in [4.78, 5) is 19.3. The van der Waals surface area contributed by atoms with Gasteiger partial charge in [0.1, 0.15) is 18.1 Å². The molecule has 32 heavy (non-hydrogen) atoms. The lowest BCUT2D eigenvalue weighted by Crippen LogP contribution is -2.33. The SMILES string of the molecule is COc1cccc(C(=O)n2nc(Nc3ccc(OCCN4CCCCC4)cc3)nc2N)c1. The summed E-state index contributed by atoms with van der Waals surface area (Å²) in [5, 5.41) is 7.27. The minimum atomic E-state index is -0.389. The predicted octanol–water partition coefficient (Wildman–Crippen LogP) is 3.17. The highest BCUT2D eigenvalue weighted by atomic mass is 16.5. The highest BCUT2D eigenvalue weighted by Gasteiger charge is 2.17. The van der Waals surface area contributed by atoms with Crippen LogP contribution in [0.4, 0.5) is 17.6 Å². The summed E-state index contributed by atoms with van der Waals surface area (Å²) in [7, 11) is 1.54. The number of nitrogen functional groups attached to an aromatic ring is 1. The fraction of sp³-hybridized carbons (Fsp3) is 0.348. The van der Waals surface area contributed by atoms with Crippen molar-refractivity contribution in [3.8, 4) is 11.5 Å². The first-order valence-electron chi connectivity index (χ1n) is 10.8. The second-order valence-electron chi connectivity index (χ2n) is 7.64. The maximum absolute atomic E-state index is 12.7. The lowest BCUT2D eigenvalue weighted by molar-refractivity contribution is 0.0947. The van der Waals surface area contributed by atoms with Crippen LogP contribution in [0.3, 0.4) is 0 Å². The number of rotatable bonds is 8. The molecule has 1 saturated heterocycles. The Labute approximate surface area is 187 Å². The van der Waals surface area contributed by atoms with E-state index in [0.717, 1.165) is 35.8 Å². The third-order valence-electron chi connectivity index (χ3n) is 5.38. The summed E-state index contributed by atoms with van der Waals surface area (Å²) in [6.45, 7) is 3.94. The van der Waals surface area contributed by atoms with Crippen molar-refractivity contribution < 1.29 is 14.3 Å². The van der Waals surface area contributed by atoms with Crippen molar-refractivity contribution in [2.24, 2.45) is 0 Å². The Bertz CT molecular complexity index is 1040. The lowest BCUT2D eigenvalue weighted by atomic mass is 10.1. The fourth-order valence-corrected chi connectivity index (χ4v) is 3.64. The predicted molar refractivity (Wildman–Crippen MR) is 123 cm³/mol. The number of carbonyl (C=O) groups excluding carboxylic acids is 1. The van der Waals surface area contributed by atoms with Crippen LogP contribution in [-0.4, -0.2) is 58.9 Å². The monoisotopic (exact) mass is 436 g/mol. The molecule has 0 aliphatic carbocycles. The molecule has 4 rings (SSSR count). The molecule has 3 aromatic rings. The van der Waals surface area contributed by atoms with E-state index < -0.39 is 0 Å². The van der Waals surface area contributed by atoms with Gasteiger partial charge in [0.15, 0.2) is 0 Å². The van der Waals surface area contributed by atoms with Gasteiger partial charge in [0, 0.05) is 17.8 Å². The van der Waals surface area contributed by atoms with Gasteiger partial charge in [-0.2, -0.15) is 9.67 Å². The quantitative estimate of drug-likeness (QED) is 0.554. The van der Waals surface area contributed by atoms with E-state index in [9.17, 15) is 4.79 Å². The van der Waals surface area contributed by atoms with Crippen LogP contribution in [0.1, 0.15) is 29.6 Å². The molecule has 0 saturated carbocycles. The minimum Gasteiger partial charge on any atom is -0.497 e. The van der Waals surface area contributed by atoms with Gasteiger partial charge in [-0.1, -0.05) is 12.5 Å². The minimum absolute atomic E-state index is 0.00186. The number of hydrogen-bond acceptors (Lipinski definition) is 8. The fourth-order valence-electron chi connectivity index (χ4n) is 3.64. The Balaban J connectivity index is 1.34. The van der Waals surface area contributed by atoms with E-state index in [4.69, 9.17) is 15.2 Å². The van der Waals surface area contributed by atoms with Crippen LogP contribution in [0.2, 0.25) is 0 Å². The standard InChI is InChI=1S/C23H28N6O3/c1-31-20-7-5-6-17(16-20)21(30)29-22(24)26-23(27-29)25-18-8-10-19(11-9-18)32-15-14-28-12-3-2-4-13-28/h5-11,16H,2-4,12-15H2,1H3,(H3,24,25,26,27). The van der Waals surface area contributed by atoms with Crippen molar-refractivity contribution in [1.29, 1.82) is 0 Å². The normalized spacial score (nSPS) is 14.2. The summed E-state index contributed by atoms with van der Waals surface area (Å²) >= 11 is 0. The molecular formula is C23H28N6O3. The molecular weight excluding hydrogens is 408 g/mol. The van der Waals surface area contributed by atoms with Gasteiger partial charge in [-0.25, -0.2) is 0 Å². The molecule has 9 heteroatoms. The molecule has 0 unspecified atom stereocenters. The molecule has 0 spiro atoms. The Morgan fingerprint density at radius 1 is 1.09 bits per heavy atom. The number of carbonyl (C=O) groups is 1. The molecule has 9 nitrogen and oxygen atoms in total. The van der Waals surface area contributed by atoms with Gasteiger partial charge >= 0.3 is 0 Å². The highest BCUT2D eigenvalue weighted by Crippen LogP contribution is 2.20. The van der Waals surface area contributed by atoms with E-state index in [-0.39, 0.29) is 17.8 Å². The molecule has 168 valence electrons. The van der Waals surface area contributed by atoms with Gasteiger partial charge in [-0.15, -0.1) is 5.10 Å². The molecule has 1 fully saturated rings. The van der Waals surface area contributed by atoms with E-state index >= 15 is 0 Å². The second-order valence-corrected chi connectivity index (χ2v) is 7.64. The first-order valence-corrected chi connectivity index (χ1v) is 10.8. The van der Waals surface area contributed by atoms with E-state index in [1.165, 1.54) is 19.3 Å². The van der Waals surface area contributed by atoms with Crippen molar-refractivity contribution >= 4 is 23.5 Å². The molecule has 1 aliphatic heterocycles. The average Bonchev–Trinajstić information content (AvgIpc) is 3.20. The first-order chi connectivity index (χ1) is 15.6.